The summed E-state index contributed by atoms with van der Waals surface area (Å²) in [6.07, 6.45) is 1.78. The Morgan fingerprint density at radius 1 is 1.00 bits per heavy atom. The van der Waals surface area contributed by atoms with E-state index in [1.54, 1.807) is 13.2 Å². The number of benzene rings is 2. The van der Waals surface area contributed by atoms with Gasteiger partial charge in [-0.1, -0.05) is 50.6 Å². The maximum absolute atomic E-state index is 13.5. The summed E-state index contributed by atoms with van der Waals surface area (Å²) < 4.78 is 11.7. The van der Waals surface area contributed by atoms with Crippen LogP contribution < -0.4 is 4.74 Å². The van der Waals surface area contributed by atoms with E-state index < -0.39 is 11.2 Å². The fraction of sp³-hybridized carbons (Fsp3) is 0.423. The molecule has 2 unspecified atom stereocenters. The standard InChI is InChI=1S/C26H31ClO4/c1-7-16-14-17(20-15-18(27)11-13-21(20)30-6)10-12-19(16)22-23(28)25(4,8-2)31-26(5,9-3)24(22)29/h10-15,28H,7-9H2,1-6H3. The van der Waals surface area contributed by atoms with Crippen LogP contribution in [0.1, 0.15) is 58.6 Å². The number of halogens is 1. The molecule has 0 aromatic heterocycles. The molecule has 5 heteroatoms. The summed E-state index contributed by atoms with van der Waals surface area (Å²) in [5.41, 5.74) is 2.01. The molecular formula is C26H31ClO4. The van der Waals surface area contributed by atoms with Gasteiger partial charge in [0.15, 0.2) is 5.78 Å². The molecule has 0 aliphatic carbocycles. The second kappa shape index (κ2) is 8.68. The Morgan fingerprint density at radius 3 is 2.26 bits per heavy atom. The molecule has 1 aliphatic heterocycles. The van der Waals surface area contributed by atoms with Crippen LogP contribution >= 0.6 is 11.6 Å². The zero-order valence-electron chi connectivity index (χ0n) is 19.1. The lowest BCUT2D eigenvalue weighted by Crippen LogP contribution is -2.52. The fourth-order valence-corrected chi connectivity index (χ4v) is 4.33. The highest BCUT2D eigenvalue weighted by Gasteiger charge is 2.50. The van der Waals surface area contributed by atoms with Crippen molar-refractivity contribution in [1.82, 2.24) is 0 Å². The molecule has 166 valence electrons. The molecule has 2 atom stereocenters. The van der Waals surface area contributed by atoms with Gasteiger partial charge in [-0.2, -0.15) is 0 Å². The van der Waals surface area contributed by atoms with Gasteiger partial charge in [-0.3, -0.25) is 4.79 Å². The van der Waals surface area contributed by atoms with E-state index >= 15 is 0 Å². The monoisotopic (exact) mass is 442 g/mol. The number of aryl methyl sites for hydroxylation is 1. The van der Waals surface area contributed by atoms with Gasteiger partial charge in [0.1, 0.15) is 22.7 Å². The van der Waals surface area contributed by atoms with Gasteiger partial charge in [0, 0.05) is 10.6 Å². The molecule has 31 heavy (non-hydrogen) atoms. The molecule has 3 rings (SSSR count). The average molecular weight is 443 g/mol. The molecule has 2 aromatic rings. The Kier molecular flexibility index (Phi) is 6.54. The fourth-order valence-electron chi connectivity index (χ4n) is 4.15. The maximum atomic E-state index is 13.5. The van der Waals surface area contributed by atoms with Crippen molar-refractivity contribution < 1.29 is 19.4 Å². The van der Waals surface area contributed by atoms with Gasteiger partial charge in [0.05, 0.1) is 12.7 Å². The second-order valence-corrected chi connectivity index (χ2v) is 8.83. The van der Waals surface area contributed by atoms with Gasteiger partial charge < -0.3 is 14.6 Å². The van der Waals surface area contributed by atoms with Gasteiger partial charge in [-0.05, 0) is 68.0 Å². The number of methoxy groups -OCH3 is 1. The maximum Gasteiger partial charge on any atom is 0.198 e. The van der Waals surface area contributed by atoms with E-state index in [-0.39, 0.29) is 11.5 Å². The van der Waals surface area contributed by atoms with Crippen LogP contribution in [0, 0.1) is 0 Å². The summed E-state index contributed by atoms with van der Waals surface area (Å²) in [5.74, 6) is 0.551. The van der Waals surface area contributed by atoms with Crippen LogP contribution in [0.15, 0.2) is 42.2 Å². The van der Waals surface area contributed by atoms with Crippen molar-refractivity contribution in [2.45, 2.75) is 65.1 Å². The number of ether oxygens (including phenoxy) is 2. The lowest BCUT2D eigenvalue weighted by atomic mass is 9.78. The lowest BCUT2D eigenvalue weighted by molar-refractivity contribution is -0.167. The third-order valence-corrected chi connectivity index (χ3v) is 6.71. The van der Waals surface area contributed by atoms with Crippen molar-refractivity contribution >= 4 is 23.0 Å². The number of aliphatic hydroxyl groups is 1. The molecule has 0 bridgehead atoms. The van der Waals surface area contributed by atoms with Crippen molar-refractivity contribution in [3.8, 4) is 16.9 Å². The van der Waals surface area contributed by atoms with Crippen LogP contribution in [0.25, 0.3) is 16.7 Å². The highest BCUT2D eigenvalue weighted by molar-refractivity contribution is 6.31. The van der Waals surface area contributed by atoms with Crippen molar-refractivity contribution in [2.24, 2.45) is 0 Å². The molecule has 1 heterocycles. The zero-order chi connectivity index (χ0) is 23.0. The van der Waals surface area contributed by atoms with E-state index in [4.69, 9.17) is 21.1 Å². The number of carbonyl (C=O) groups excluding carboxylic acids is 1. The number of ketones is 1. The van der Waals surface area contributed by atoms with Crippen LogP contribution in [0.5, 0.6) is 5.75 Å². The predicted octanol–water partition coefficient (Wildman–Crippen LogP) is 6.78. The topological polar surface area (TPSA) is 55.8 Å². The van der Waals surface area contributed by atoms with E-state index in [9.17, 15) is 9.90 Å². The van der Waals surface area contributed by atoms with Gasteiger partial charge in [-0.15, -0.1) is 0 Å². The lowest BCUT2D eigenvalue weighted by Gasteiger charge is -2.43. The van der Waals surface area contributed by atoms with Crippen LogP contribution in [0.4, 0.5) is 0 Å². The van der Waals surface area contributed by atoms with Gasteiger partial charge in [0.2, 0.25) is 0 Å². The summed E-state index contributed by atoms with van der Waals surface area (Å²) >= 11 is 6.23. The number of hydrogen-bond acceptors (Lipinski definition) is 4. The van der Waals surface area contributed by atoms with E-state index in [1.807, 2.05) is 65.0 Å². The van der Waals surface area contributed by atoms with Crippen LogP contribution in [0.2, 0.25) is 5.02 Å². The Bertz CT molecular complexity index is 1040. The minimum absolute atomic E-state index is 0.00807. The molecular weight excluding hydrogens is 412 g/mol. The quantitative estimate of drug-likeness (QED) is 0.535. The van der Waals surface area contributed by atoms with Crippen molar-refractivity contribution in [1.29, 1.82) is 0 Å². The third-order valence-electron chi connectivity index (χ3n) is 6.47. The first kappa shape index (κ1) is 23.4. The summed E-state index contributed by atoms with van der Waals surface area (Å²) in [6, 6.07) is 11.4. The molecule has 0 spiro atoms. The molecule has 0 saturated heterocycles. The van der Waals surface area contributed by atoms with Gasteiger partial charge in [-0.25, -0.2) is 0 Å². The Morgan fingerprint density at radius 2 is 1.68 bits per heavy atom. The molecule has 0 fully saturated rings. The van der Waals surface area contributed by atoms with Gasteiger partial charge >= 0.3 is 0 Å². The Labute approximate surface area is 189 Å². The number of carbonyl (C=O) groups is 1. The smallest absolute Gasteiger partial charge is 0.198 e. The summed E-state index contributed by atoms with van der Waals surface area (Å²) in [6.45, 7) is 9.58. The third kappa shape index (κ3) is 3.99. The molecule has 0 radical (unpaired) electrons. The molecule has 4 nitrogen and oxygen atoms in total. The molecule has 1 N–H and O–H groups in total. The largest absolute Gasteiger partial charge is 0.508 e. The van der Waals surface area contributed by atoms with E-state index in [0.717, 1.165) is 28.0 Å². The van der Waals surface area contributed by atoms with E-state index in [1.165, 1.54) is 0 Å². The number of rotatable bonds is 6. The first-order valence-corrected chi connectivity index (χ1v) is 11.2. The molecule has 2 aromatic carbocycles. The molecule has 1 aliphatic rings. The van der Waals surface area contributed by atoms with E-state index in [0.29, 0.717) is 29.9 Å². The SMILES string of the molecule is CCc1cc(-c2cc(Cl)ccc2OC)ccc1C1=C(O)C(C)(CC)OC(C)(CC)C1=O. The Balaban J connectivity index is 2.22. The second-order valence-electron chi connectivity index (χ2n) is 8.39. The normalized spacial score (nSPS) is 23.9. The average Bonchev–Trinajstić information content (AvgIpc) is 2.78. The minimum atomic E-state index is -0.980. The van der Waals surface area contributed by atoms with Crippen molar-refractivity contribution in [3.63, 3.8) is 0 Å². The highest BCUT2D eigenvalue weighted by Crippen LogP contribution is 2.44. The molecule has 0 amide bonds. The van der Waals surface area contributed by atoms with E-state index in [2.05, 4.69) is 0 Å². The number of Topliss-reactive ketones (excluding diaryl/α,β-unsaturated/α-hetero) is 1. The Hall–Kier alpha value is -2.30. The zero-order valence-corrected chi connectivity index (χ0v) is 19.9. The summed E-state index contributed by atoms with van der Waals surface area (Å²) in [7, 11) is 1.63. The first-order valence-electron chi connectivity index (χ1n) is 10.8. The predicted molar refractivity (Wildman–Crippen MR) is 126 cm³/mol. The van der Waals surface area contributed by atoms with Crippen LogP contribution in [-0.2, 0) is 16.0 Å². The summed E-state index contributed by atoms with van der Waals surface area (Å²) in [4.78, 5) is 13.5. The van der Waals surface area contributed by atoms with Gasteiger partial charge in [0.25, 0.3) is 0 Å². The first-order chi connectivity index (χ1) is 14.6. The number of hydrogen-bond donors (Lipinski definition) is 1. The van der Waals surface area contributed by atoms with Crippen molar-refractivity contribution in [2.75, 3.05) is 7.11 Å². The van der Waals surface area contributed by atoms with Crippen molar-refractivity contribution in [3.05, 3.63) is 58.3 Å². The number of aliphatic hydroxyl groups excluding tert-OH is 1. The summed E-state index contributed by atoms with van der Waals surface area (Å²) in [5, 5.41) is 11.8. The minimum Gasteiger partial charge on any atom is -0.508 e. The highest BCUT2D eigenvalue weighted by atomic mass is 35.5. The van der Waals surface area contributed by atoms with Crippen LogP contribution in [-0.4, -0.2) is 29.2 Å². The molecule has 0 saturated carbocycles. The van der Waals surface area contributed by atoms with Crippen LogP contribution in [0.3, 0.4) is 0 Å².